The number of nitrogens with one attached hydrogen (secondary N) is 1. The van der Waals surface area contributed by atoms with Gasteiger partial charge >= 0.3 is 0 Å². The number of ether oxygens (including phenoxy) is 2. The Labute approximate surface area is 116 Å². The van der Waals surface area contributed by atoms with E-state index in [1.54, 1.807) is 14.2 Å². The summed E-state index contributed by atoms with van der Waals surface area (Å²) in [6, 6.07) is 4.23. The van der Waals surface area contributed by atoms with Crippen LogP contribution in [0.25, 0.3) is 0 Å². The average Bonchev–Trinajstić information content (AvgIpc) is 2.47. The molecule has 3 heteroatoms. The molecule has 2 unspecified atom stereocenters. The minimum Gasteiger partial charge on any atom is -0.496 e. The second-order valence-corrected chi connectivity index (χ2v) is 5.46. The Bertz CT molecular complexity index is 425. The summed E-state index contributed by atoms with van der Waals surface area (Å²) in [4.78, 5) is 0. The van der Waals surface area contributed by atoms with Gasteiger partial charge in [-0.2, -0.15) is 0 Å². The fourth-order valence-electron chi connectivity index (χ4n) is 2.99. The maximum atomic E-state index is 5.56. The quantitative estimate of drug-likeness (QED) is 0.905. The van der Waals surface area contributed by atoms with E-state index < -0.39 is 0 Å². The zero-order chi connectivity index (χ0) is 13.8. The first-order valence-electron chi connectivity index (χ1n) is 7.10. The van der Waals surface area contributed by atoms with Crippen molar-refractivity contribution in [1.29, 1.82) is 0 Å². The Hall–Kier alpha value is -1.22. The number of piperidine rings is 1. The number of hydrogen-bond donors (Lipinski definition) is 1. The highest BCUT2D eigenvalue weighted by atomic mass is 16.5. The summed E-state index contributed by atoms with van der Waals surface area (Å²) in [5, 5.41) is 3.49. The van der Waals surface area contributed by atoms with Crippen LogP contribution in [0.3, 0.4) is 0 Å². The fourth-order valence-corrected chi connectivity index (χ4v) is 2.99. The normalized spacial score (nSPS) is 20.9. The maximum absolute atomic E-state index is 5.56. The molecule has 1 aliphatic rings. The van der Waals surface area contributed by atoms with Gasteiger partial charge in [0.05, 0.1) is 14.2 Å². The van der Waals surface area contributed by atoms with Crippen molar-refractivity contribution in [1.82, 2.24) is 5.32 Å². The Balaban J connectivity index is 2.30. The number of aryl methyl sites for hydroxylation is 1. The predicted octanol–water partition coefficient (Wildman–Crippen LogP) is 3.12. The van der Waals surface area contributed by atoms with Gasteiger partial charge < -0.3 is 14.8 Å². The number of benzene rings is 1. The second kappa shape index (κ2) is 6.29. The largest absolute Gasteiger partial charge is 0.496 e. The molecule has 19 heavy (non-hydrogen) atoms. The molecule has 1 N–H and O–H groups in total. The van der Waals surface area contributed by atoms with Crippen LogP contribution in [-0.2, 0) is 0 Å². The van der Waals surface area contributed by atoms with Crippen LogP contribution in [0.2, 0.25) is 0 Å². The van der Waals surface area contributed by atoms with E-state index in [-0.39, 0.29) is 0 Å². The summed E-state index contributed by atoms with van der Waals surface area (Å²) in [7, 11) is 3.47. The smallest absolute Gasteiger partial charge is 0.122 e. The standard InChI is InChI=1S/C16H25NO2/c1-11-8-16(19-4)14(9-15(11)18-3)12(2)13-6-5-7-17-10-13/h8-9,12-13,17H,5-7,10H2,1-4H3. The molecule has 3 nitrogen and oxygen atoms in total. The van der Waals surface area contributed by atoms with E-state index in [0.717, 1.165) is 30.2 Å². The minimum absolute atomic E-state index is 0.484. The van der Waals surface area contributed by atoms with Gasteiger partial charge in [-0.05, 0) is 62.4 Å². The summed E-state index contributed by atoms with van der Waals surface area (Å²) in [6.45, 7) is 6.60. The highest BCUT2D eigenvalue weighted by Crippen LogP contribution is 2.38. The van der Waals surface area contributed by atoms with Gasteiger partial charge in [0.15, 0.2) is 0 Å². The second-order valence-electron chi connectivity index (χ2n) is 5.46. The highest BCUT2D eigenvalue weighted by Gasteiger charge is 2.24. The molecule has 0 amide bonds. The van der Waals surface area contributed by atoms with Gasteiger partial charge in [0.1, 0.15) is 11.5 Å². The Kier molecular flexibility index (Phi) is 4.70. The molecular weight excluding hydrogens is 238 g/mol. The van der Waals surface area contributed by atoms with Crippen molar-refractivity contribution in [2.45, 2.75) is 32.6 Å². The van der Waals surface area contributed by atoms with Crippen LogP contribution in [0.15, 0.2) is 12.1 Å². The first kappa shape index (κ1) is 14.2. The van der Waals surface area contributed by atoms with Gasteiger partial charge in [0, 0.05) is 5.56 Å². The number of methoxy groups -OCH3 is 2. The molecule has 0 aliphatic carbocycles. The lowest BCUT2D eigenvalue weighted by Crippen LogP contribution is -2.32. The van der Waals surface area contributed by atoms with E-state index in [2.05, 4.69) is 31.3 Å². The summed E-state index contributed by atoms with van der Waals surface area (Å²) >= 11 is 0. The molecule has 0 saturated carbocycles. The molecule has 0 bridgehead atoms. The Morgan fingerprint density at radius 3 is 2.53 bits per heavy atom. The van der Waals surface area contributed by atoms with Crippen molar-refractivity contribution < 1.29 is 9.47 Å². The van der Waals surface area contributed by atoms with Gasteiger partial charge in [-0.1, -0.05) is 6.92 Å². The van der Waals surface area contributed by atoms with Crippen LogP contribution >= 0.6 is 0 Å². The maximum Gasteiger partial charge on any atom is 0.122 e. The predicted molar refractivity (Wildman–Crippen MR) is 78.3 cm³/mol. The third-order valence-corrected chi connectivity index (χ3v) is 4.28. The molecule has 0 spiro atoms. The van der Waals surface area contributed by atoms with Crippen LogP contribution in [0.4, 0.5) is 0 Å². The monoisotopic (exact) mass is 263 g/mol. The van der Waals surface area contributed by atoms with Gasteiger partial charge in [-0.3, -0.25) is 0 Å². The molecule has 2 rings (SSSR count). The number of rotatable bonds is 4. The lowest BCUT2D eigenvalue weighted by molar-refractivity contribution is 0.323. The summed E-state index contributed by atoms with van der Waals surface area (Å²) in [6.07, 6.45) is 2.55. The van der Waals surface area contributed by atoms with Gasteiger partial charge in [-0.15, -0.1) is 0 Å². The summed E-state index contributed by atoms with van der Waals surface area (Å²) in [5.74, 6) is 3.09. The molecule has 1 saturated heterocycles. The van der Waals surface area contributed by atoms with Gasteiger partial charge in [-0.25, -0.2) is 0 Å². The molecule has 1 aliphatic heterocycles. The first-order valence-corrected chi connectivity index (χ1v) is 7.10. The molecular formula is C16H25NO2. The minimum atomic E-state index is 0.484. The topological polar surface area (TPSA) is 30.5 Å². The van der Waals surface area contributed by atoms with E-state index in [1.807, 2.05) is 0 Å². The van der Waals surface area contributed by atoms with Gasteiger partial charge in [0.2, 0.25) is 0 Å². The van der Waals surface area contributed by atoms with Crippen molar-refractivity contribution in [3.8, 4) is 11.5 Å². The third kappa shape index (κ3) is 3.03. The molecule has 1 aromatic rings. The van der Waals surface area contributed by atoms with Crippen LogP contribution in [-0.4, -0.2) is 27.3 Å². The lowest BCUT2D eigenvalue weighted by Gasteiger charge is -2.30. The molecule has 1 fully saturated rings. The molecule has 2 atom stereocenters. The molecule has 106 valence electrons. The number of hydrogen-bond acceptors (Lipinski definition) is 3. The zero-order valence-corrected chi connectivity index (χ0v) is 12.5. The van der Waals surface area contributed by atoms with E-state index in [4.69, 9.17) is 9.47 Å². The van der Waals surface area contributed by atoms with Crippen LogP contribution in [0, 0.1) is 12.8 Å². The third-order valence-electron chi connectivity index (χ3n) is 4.28. The molecule has 0 radical (unpaired) electrons. The van der Waals surface area contributed by atoms with Crippen molar-refractivity contribution >= 4 is 0 Å². The molecule has 1 aromatic carbocycles. The van der Waals surface area contributed by atoms with E-state index >= 15 is 0 Å². The fraction of sp³-hybridized carbons (Fsp3) is 0.625. The van der Waals surface area contributed by atoms with Crippen molar-refractivity contribution in [3.05, 3.63) is 23.3 Å². The van der Waals surface area contributed by atoms with Crippen LogP contribution in [0.1, 0.15) is 36.8 Å². The summed E-state index contributed by atoms with van der Waals surface area (Å²) < 4.78 is 11.0. The van der Waals surface area contributed by atoms with Crippen molar-refractivity contribution in [2.75, 3.05) is 27.3 Å². The summed E-state index contributed by atoms with van der Waals surface area (Å²) in [5.41, 5.74) is 2.38. The first-order chi connectivity index (χ1) is 9.17. The van der Waals surface area contributed by atoms with Crippen LogP contribution in [0.5, 0.6) is 11.5 Å². The van der Waals surface area contributed by atoms with Crippen molar-refractivity contribution in [3.63, 3.8) is 0 Å². The van der Waals surface area contributed by atoms with E-state index in [0.29, 0.717) is 11.8 Å². The lowest BCUT2D eigenvalue weighted by atomic mass is 9.82. The van der Waals surface area contributed by atoms with E-state index in [9.17, 15) is 0 Å². The highest BCUT2D eigenvalue weighted by molar-refractivity contribution is 5.47. The van der Waals surface area contributed by atoms with Crippen LogP contribution < -0.4 is 14.8 Å². The molecule has 0 aromatic heterocycles. The average molecular weight is 263 g/mol. The van der Waals surface area contributed by atoms with E-state index in [1.165, 1.54) is 18.4 Å². The molecule has 1 heterocycles. The SMILES string of the molecule is COc1cc(C(C)C2CCCNC2)c(OC)cc1C. The van der Waals surface area contributed by atoms with Gasteiger partial charge in [0.25, 0.3) is 0 Å². The Morgan fingerprint density at radius 2 is 1.95 bits per heavy atom. The van der Waals surface area contributed by atoms with Crippen molar-refractivity contribution in [2.24, 2.45) is 5.92 Å². The zero-order valence-electron chi connectivity index (χ0n) is 12.5. The Morgan fingerprint density at radius 1 is 1.21 bits per heavy atom.